The predicted octanol–water partition coefficient (Wildman–Crippen LogP) is 3.16. The third kappa shape index (κ3) is 4.39. The predicted molar refractivity (Wildman–Crippen MR) is 109 cm³/mol. The number of nitrogens with one attached hydrogen (secondary N) is 2. The fourth-order valence-electron chi connectivity index (χ4n) is 3.45. The molecule has 1 atom stereocenters. The Kier molecular flexibility index (Phi) is 5.46. The molecule has 0 radical (unpaired) electrons. The minimum Gasteiger partial charge on any atom is -0.508 e. The van der Waals surface area contributed by atoms with Gasteiger partial charge in [-0.25, -0.2) is 0 Å². The van der Waals surface area contributed by atoms with Crippen LogP contribution in [0.5, 0.6) is 23.0 Å². The molecule has 0 aliphatic carbocycles. The van der Waals surface area contributed by atoms with Crippen LogP contribution >= 0.6 is 0 Å². The van der Waals surface area contributed by atoms with E-state index in [4.69, 9.17) is 14.2 Å². The van der Waals surface area contributed by atoms with Gasteiger partial charge in [-0.1, -0.05) is 0 Å². The highest BCUT2D eigenvalue weighted by atomic mass is 16.6. The van der Waals surface area contributed by atoms with Crippen LogP contribution in [0.15, 0.2) is 42.6 Å². The Morgan fingerprint density at radius 1 is 1.28 bits per heavy atom. The van der Waals surface area contributed by atoms with Gasteiger partial charge < -0.3 is 29.6 Å². The third-order valence-corrected chi connectivity index (χ3v) is 5.00. The van der Waals surface area contributed by atoms with Crippen molar-refractivity contribution in [2.75, 3.05) is 20.3 Å². The van der Waals surface area contributed by atoms with Crippen LogP contribution in [0.4, 0.5) is 0 Å². The molecule has 29 heavy (non-hydrogen) atoms. The van der Waals surface area contributed by atoms with Crippen LogP contribution in [0.1, 0.15) is 18.4 Å². The molecule has 7 heteroatoms. The van der Waals surface area contributed by atoms with E-state index in [2.05, 4.69) is 10.3 Å². The van der Waals surface area contributed by atoms with Gasteiger partial charge in [-0.3, -0.25) is 4.79 Å². The molecule has 0 spiro atoms. The number of benzene rings is 2. The van der Waals surface area contributed by atoms with E-state index in [1.807, 2.05) is 24.4 Å². The van der Waals surface area contributed by atoms with Gasteiger partial charge in [0.2, 0.25) is 5.91 Å². The zero-order valence-corrected chi connectivity index (χ0v) is 16.2. The van der Waals surface area contributed by atoms with E-state index in [1.165, 1.54) is 11.6 Å². The van der Waals surface area contributed by atoms with Gasteiger partial charge in [0.15, 0.2) is 11.5 Å². The number of aromatic nitrogens is 1. The number of carbonyl (C=O) groups is 1. The number of phenolic OH excluding ortho intramolecular Hbond substituents is 1. The van der Waals surface area contributed by atoms with Crippen LogP contribution in [-0.2, 0) is 11.2 Å². The quantitative estimate of drug-likeness (QED) is 0.571. The van der Waals surface area contributed by atoms with E-state index in [-0.39, 0.29) is 17.8 Å². The lowest BCUT2D eigenvalue weighted by molar-refractivity contribution is -0.121. The number of ether oxygens (including phenoxy) is 3. The Morgan fingerprint density at radius 3 is 3.03 bits per heavy atom. The monoisotopic (exact) mass is 396 g/mol. The first-order valence-electron chi connectivity index (χ1n) is 9.65. The first-order chi connectivity index (χ1) is 14.1. The topological polar surface area (TPSA) is 92.8 Å². The van der Waals surface area contributed by atoms with Gasteiger partial charge >= 0.3 is 0 Å². The number of fused-ring (bicyclic) bond motifs is 2. The molecule has 1 amide bonds. The van der Waals surface area contributed by atoms with Crippen molar-refractivity contribution in [3.05, 3.63) is 48.2 Å². The van der Waals surface area contributed by atoms with E-state index in [9.17, 15) is 9.90 Å². The number of rotatable bonds is 7. The normalized spacial score (nSPS) is 15.3. The number of hydrogen-bond donors (Lipinski definition) is 3. The van der Waals surface area contributed by atoms with Crippen molar-refractivity contribution in [2.24, 2.45) is 0 Å². The first kappa shape index (κ1) is 19.0. The average molecular weight is 396 g/mol. The summed E-state index contributed by atoms with van der Waals surface area (Å²) in [6.07, 6.45) is 3.68. The molecular weight excluding hydrogens is 372 g/mol. The van der Waals surface area contributed by atoms with Gasteiger partial charge in [-0.15, -0.1) is 0 Å². The number of hydrogen-bond acceptors (Lipinski definition) is 5. The minimum absolute atomic E-state index is 0.0206. The Morgan fingerprint density at radius 2 is 2.17 bits per heavy atom. The largest absolute Gasteiger partial charge is 0.508 e. The molecule has 1 aliphatic heterocycles. The van der Waals surface area contributed by atoms with E-state index in [1.54, 1.807) is 19.2 Å². The summed E-state index contributed by atoms with van der Waals surface area (Å²) in [5.74, 6) is 2.01. The van der Waals surface area contributed by atoms with Crippen molar-refractivity contribution in [1.29, 1.82) is 0 Å². The molecule has 0 saturated carbocycles. The van der Waals surface area contributed by atoms with Gasteiger partial charge in [-0.2, -0.15) is 0 Å². The number of carbonyl (C=O) groups excluding carboxylic acids is 1. The lowest BCUT2D eigenvalue weighted by Gasteiger charge is -2.26. The number of phenols is 1. The molecule has 152 valence electrons. The molecule has 0 saturated heterocycles. The Balaban J connectivity index is 1.24. The van der Waals surface area contributed by atoms with Crippen LogP contribution in [0.25, 0.3) is 10.9 Å². The molecule has 4 rings (SSSR count). The maximum absolute atomic E-state index is 12.2. The third-order valence-electron chi connectivity index (χ3n) is 5.00. The standard InChI is InChI=1S/C22H24N2O5/c1-27-16-6-7-19-18(10-16)14(11-23-19)3-2-4-22(26)24-12-17-13-28-20-8-5-15(25)9-21(20)29-17/h5-11,17,23,25H,2-4,12-13H2,1H3,(H,24,26). The Labute approximate surface area is 168 Å². The summed E-state index contributed by atoms with van der Waals surface area (Å²) < 4.78 is 16.7. The van der Waals surface area contributed by atoms with Crippen molar-refractivity contribution in [3.63, 3.8) is 0 Å². The lowest BCUT2D eigenvalue weighted by atomic mass is 10.1. The first-order valence-corrected chi connectivity index (χ1v) is 9.65. The summed E-state index contributed by atoms with van der Waals surface area (Å²) in [4.78, 5) is 15.5. The molecule has 0 fully saturated rings. The molecule has 3 N–H and O–H groups in total. The molecule has 1 unspecified atom stereocenters. The lowest BCUT2D eigenvalue weighted by Crippen LogP contribution is -2.40. The number of aromatic amines is 1. The molecule has 2 heterocycles. The summed E-state index contributed by atoms with van der Waals surface area (Å²) in [5.41, 5.74) is 2.23. The maximum atomic E-state index is 12.2. The average Bonchev–Trinajstić information content (AvgIpc) is 3.14. The number of aromatic hydroxyl groups is 1. The summed E-state index contributed by atoms with van der Waals surface area (Å²) in [6.45, 7) is 0.716. The highest BCUT2D eigenvalue weighted by molar-refractivity contribution is 5.84. The van der Waals surface area contributed by atoms with Crippen LogP contribution < -0.4 is 19.5 Å². The van der Waals surface area contributed by atoms with Gasteiger partial charge in [-0.05, 0) is 48.7 Å². The number of methoxy groups -OCH3 is 1. The number of amides is 1. The van der Waals surface area contributed by atoms with Gasteiger partial charge in [0, 0.05) is 29.6 Å². The highest BCUT2D eigenvalue weighted by Crippen LogP contribution is 2.34. The second-order valence-corrected chi connectivity index (χ2v) is 7.06. The Hall–Kier alpha value is -3.35. The van der Waals surface area contributed by atoms with Crippen LogP contribution in [-0.4, -0.2) is 42.4 Å². The molecule has 2 aromatic carbocycles. The summed E-state index contributed by atoms with van der Waals surface area (Å²) in [6, 6.07) is 10.7. The SMILES string of the molecule is COc1ccc2[nH]cc(CCCC(=O)NCC3COc4ccc(O)cc4O3)c2c1. The second-order valence-electron chi connectivity index (χ2n) is 7.06. The smallest absolute Gasteiger partial charge is 0.220 e. The minimum atomic E-state index is -0.283. The van der Waals surface area contributed by atoms with E-state index >= 15 is 0 Å². The van der Waals surface area contributed by atoms with Crippen LogP contribution in [0.2, 0.25) is 0 Å². The van der Waals surface area contributed by atoms with Crippen molar-refractivity contribution >= 4 is 16.8 Å². The number of aryl methyl sites for hydroxylation is 1. The van der Waals surface area contributed by atoms with Gasteiger partial charge in [0.25, 0.3) is 0 Å². The molecule has 1 aromatic heterocycles. The highest BCUT2D eigenvalue weighted by Gasteiger charge is 2.21. The fourth-order valence-corrected chi connectivity index (χ4v) is 3.45. The molecule has 0 bridgehead atoms. The fraction of sp³-hybridized carbons (Fsp3) is 0.318. The summed E-state index contributed by atoms with van der Waals surface area (Å²) >= 11 is 0. The van der Waals surface area contributed by atoms with Crippen LogP contribution in [0, 0.1) is 0 Å². The van der Waals surface area contributed by atoms with E-state index < -0.39 is 0 Å². The Bertz CT molecular complexity index is 1010. The summed E-state index contributed by atoms with van der Waals surface area (Å²) in [5, 5.41) is 13.6. The molecule has 7 nitrogen and oxygen atoms in total. The van der Waals surface area contributed by atoms with Gasteiger partial charge in [0.1, 0.15) is 24.2 Å². The second kappa shape index (κ2) is 8.34. The molecule has 3 aromatic rings. The zero-order valence-electron chi connectivity index (χ0n) is 16.2. The van der Waals surface area contributed by atoms with Crippen molar-refractivity contribution in [1.82, 2.24) is 10.3 Å². The molecule has 1 aliphatic rings. The maximum Gasteiger partial charge on any atom is 0.220 e. The van der Waals surface area contributed by atoms with E-state index in [0.717, 1.165) is 29.5 Å². The van der Waals surface area contributed by atoms with Gasteiger partial charge in [0.05, 0.1) is 13.7 Å². The zero-order chi connectivity index (χ0) is 20.2. The summed E-state index contributed by atoms with van der Waals surface area (Å²) in [7, 11) is 1.65. The van der Waals surface area contributed by atoms with Crippen molar-refractivity contribution in [3.8, 4) is 23.0 Å². The number of H-pyrrole nitrogens is 1. The molecular formula is C22H24N2O5. The van der Waals surface area contributed by atoms with E-state index in [0.29, 0.717) is 31.1 Å². The van der Waals surface area contributed by atoms with Crippen molar-refractivity contribution in [2.45, 2.75) is 25.4 Å². The van der Waals surface area contributed by atoms with Crippen LogP contribution in [0.3, 0.4) is 0 Å². The van der Waals surface area contributed by atoms with Crippen molar-refractivity contribution < 1.29 is 24.1 Å².